The van der Waals surface area contributed by atoms with Gasteiger partial charge in [-0.3, -0.25) is 4.79 Å². The number of amides is 1. The van der Waals surface area contributed by atoms with Crippen LogP contribution in [0.15, 0.2) is 48.5 Å². The number of carbonyl (C=O) groups is 1. The molecule has 0 saturated carbocycles. The third-order valence-electron chi connectivity index (χ3n) is 4.36. The van der Waals surface area contributed by atoms with Gasteiger partial charge in [-0.25, -0.2) is 4.98 Å². The Hall–Kier alpha value is -2.62. The van der Waals surface area contributed by atoms with Crippen LogP contribution in [0.3, 0.4) is 0 Å². The summed E-state index contributed by atoms with van der Waals surface area (Å²) in [6, 6.07) is 16.3. The van der Waals surface area contributed by atoms with E-state index >= 15 is 0 Å². The molecule has 0 bridgehead atoms. The Morgan fingerprint density at radius 1 is 1.17 bits per heavy atom. The van der Waals surface area contributed by atoms with Gasteiger partial charge in [0.2, 0.25) is 5.91 Å². The molecule has 0 fully saturated rings. The number of para-hydroxylation sites is 2. The molecule has 1 aromatic heterocycles. The number of nitrogens with zero attached hydrogens (tertiary/aromatic N) is 2. The van der Waals surface area contributed by atoms with Crippen LogP contribution in [-0.2, 0) is 11.3 Å². The van der Waals surface area contributed by atoms with Gasteiger partial charge in [-0.2, -0.15) is 0 Å². The van der Waals surface area contributed by atoms with Crippen molar-refractivity contribution in [2.45, 2.75) is 39.8 Å². The van der Waals surface area contributed by atoms with Gasteiger partial charge in [-0.1, -0.05) is 43.3 Å². The molecule has 0 aliphatic rings. The minimum absolute atomic E-state index is 0.0161. The Kier molecular flexibility index (Phi) is 4.65. The van der Waals surface area contributed by atoms with Crippen LogP contribution >= 0.6 is 0 Å². The molecule has 1 atom stereocenters. The first-order valence-electron chi connectivity index (χ1n) is 8.40. The van der Waals surface area contributed by atoms with Crippen LogP contribution in [-0.4, -0.2) is 21.5 Å². The number of hydrogen-bond acceptors (Lipinski definition) is 2. The van der Waals surface area contributed by atoms with Crippen LogP contribution < -0.4 is 5.32 Å². The standard InChI is InChI=1S/C20H23N3O/c1-4-15(3)21-19(24)13-23-18-12-8-7-11-17(18)22-20(23)16-10-6-5-9-14(16)2/h5-12,15H,4,13H2,1-3H3,(H,21,24). The van der Waals surface area contributed by atoms with Crippen molar-refractivity contribution < 1.29 is 4.79 Å². The van der Waals surface area contributed by atoms with Crippen molar-refractivity contribution in [1.29, 1.82) is 0 Å². The van der Waals surface area contributed by atoms with Crippen molar-refractivity contribution in [2.24, 2.45) is 0 Å². The highest BCUT2D eigenvalue weighted by molar-refractivity contribution is 5.85. The van der Waals surface area contributed by atoms with E-state index in [0.29, 0.717) is 0 Å². The van der Waals surface area contributed by atoms with Crippen molar-refractivity contribution in [3.05, 3.63) is 54.1 Å². The minimum Gasteiger partial charge on any atom is -0.352 e. The number of carbonyl (C=O) groups excluding carboxylic acids is 1. The molecule has 2 aromatic carbocycles. The highest BCUT2D eigenvalue weighted by Gasteiger charge is 2.16. The second-order valence-corrected chi connectivity index (χ2v) is 6.20. The maximum Gasteiger partial charge on any atom is 0.240 e. The largest absolute Gasteiger partial charge is 0.352 e. The van der Waals surface area contributed by atoms with E-state index < -0.39 is 0 Å². The molecule has 4 nitrogen and oxygen atoms in total. The van der Waals surface area contributed by atoms with Gasteiger partial charge in [0.25, 0.3) is 0 Å². The summed E-state index contributed by atoms with van der Waals surface area (Å²) in [5.41, 5.74) is 4.10. The van der Waals surface area contributed by atoms with Gasteiger partial charge in [-0.15, -0.1) is 0 Å². The normalized spacial score (nSPS) is 12.3. The maximum absolute atomic E-state index is 12.4. The zero-order valence-electron chi connectivity index (χ0n) is 14.4. The lowest BCUT2D eigenvalue weighted by Crippen LogP contribution is -2.34. The lowest BCUT2D eigenvalue weighted by molar-refractivity contribution is -0.122. The smallest absolute Gasteiger partial charge is 0.240 e. The van der Waals surface area contributed by atoms with E-state index in [1.807, 2.05) is 47.9 Å². The lowest BCUT2D eigenvalue weighted by atomic mass is 10.1. The van der Waals surface area contributed by atoms with Gasteiger partial charge in [0.05, 0.1) is 11.0 Å². The lowest BCUT2D eigenvalue weighted by Gasteiger charge is -2.14. The molecule has 4 heteroatoms. The van der Waals surface area contributed by atoms with Crippen molar-refractivity contribution in [3.8, 4) is 11.4 Å². The molecule has 1 unspecified atom stereocenters. The average Bonchev–Trinajstić information content (AvgIpc) is 2.93. The Morgan fingerprint density at radius 2 is 1.88 bits per heavy atom. The van der Waals surface area contributed by atoms with Crippen LogP contribution in [0.4, 0.5) is 0 Å². The van der Waals surface area contributed by atoms with Gasteiger partial charge in [0, 0.05) is 11.6 Å². The summed E-state index contributed by atoms with van der Waals surface area (Å²) in [5.74, 6) is 0.857. The predicted molar refractivity (Wildman–Crippen MR) is 97.8 cm³/mol. The van der Waals surface area contributed by atoms with E-state index in [1.165, 1.54) is 0 Å². The molecule has 1 heterocycles. The van der Waals surface area contributed by atoms with Gasteiger partial charge in [0.1, 0.15) is 12.4 Å². The zero-order valence-corrected chi connectivity index (χ0v) is 14.4. The van der Waals surface area contributed by atoms with E-state index in [2.05, 4.69) is 31.3 Å². The molecule has 0 saturated heterocycles. The van der Waals surface area contributed by atoms with Gasteiger partial charge < -0.3 is 9.88 Å². The molecule has 124 valence electrons. The molecular formula is C20H23N3O. The molecular weight excluding hydrogens is 298 g/mol. The minimum atomic E-state index is 0.0161. The predicted octanol–water partition coefficient (Wildman–Crippen LogP) is 3.93. The summed E-state index contributed by atoms with van der Waals surface area (Å²) in [6.07, 6.45) is 0.918. The quantitative estimate of drug-likeness (QED) is 0.774. The Labute approximate surface area is 142 Å². The van der Waals surface area contributed by atoms with Crippen LogP contribution in [0.1, 0.15) is 25.8 Å². The second-order valence-electron chi connectivity index (χ2n) is 6.20. The number of rotatable bonds is 5. The van der Waals surface area contributed by atoms with Crippen molar-refractivity contribution in [1.82, 2.24) is 14.9 Å². The van der Waals surface area contributed by atoms with Crippen LogP contribution in [0.25, 0.3) is 22.4 Å². The van der Waals surface area contributed by atoms with Gasteiger partial charge >= 0.3 is 0 Å². The number of hydrogen-bond donors (Lipinski definition) is 1. The number of fused-ring (bicyclic) bond motifs is 1. The summed E-state index contributed by atoms with van der Waals surface area (Å²) < 4.78 is 2.01. The van der Waals surface area contributed by atoms with Crippen LogP contribution in [0, 0.1) is 6.92 Å². The molecule has 1 amide bonds. The van der Waals surface area contributed by atoms with E-state index in [4.69, 9.17) is 4.98 Å². The SMILES string of the molecule is CCC(C)NC(=O)Cn1c(-c2ccccc2C)nc2ccccc21. The van der Waals surface area contributed by atoms with E-state index in [9.17, 15) is 4.79 Å². The fourth-order valence-electron chi connectivity index (χ4n) is 2.83. The third kappa shape index (κ3) is 3.18. The first kappa shape index (κ1) is 16.2. The second kappa shape index (κ2) is 6.87. The van der Waals surface area contributed by atoms with E-state index in [0.717, 1.165) is 34.4 Å². The van der Waals surface area contributed by atoms with Crippen molar-refractivity contribution in [2.75, 3.05) is 0 Å². The monoisotopic (exact) mass is 321 g/mol. The molecule has 0 radical (unpaired) electrons. The number of aromatic nitrogens is 2. The fourth-order valence-corrected chi connectivity index (χ4v) is 2.83. The van der Waals surface area contributed by atoms with Crippen LogP contribution in [0.2, 0.25) is 0 Å². The first-order chi connectivity index (χ1) is 11.6. The molecule has 3 rings (SSSR count). The number of imidazole rings is 1. The maximum atomic E-state index is 12.4. The summed E-state index contributed by atoms with van der Waals surface area (Å²) in [7, 11) is 0. The fraction of sp³-hybridized carbons (Fsp3) is 0.300. The summed E-state index contributed by atoms with van der Waals surface area (Å²) in [4.78, 5) is 17.2. The van der Waals surface area contributed by atoms with Crippen LogP contribution in [0.5, 0.6) is 0 Å². The Bertz CT molecular complexity index is 866. The van der Waals surface area contributed by atoms with E-state index in [-0.39, 0.29) is 18.5 Å². The topological polar surface area (TPSA) is 46.9 Å². The molecule has 1 N–H and O–H groups in total. The summed E-state index contributed by atoms with van der Waals surface area (Å²) >= 11 is 0. The molecule has 0 spiro atoms. The van der Waals surface area contributed by atoms with Gasteiger partial charge in [0.15, 0.2) is 0 Å². The number of aryl methyl sites for hydroxylation is 1. The van der Waals surface area contributed by atoms with Crippen molar-refractivity contribution >= 4 is 16.9 Å². The summed E-state index contributed by atoms with van der Waals surface area (Å²) in [6.45, 7) is 6.43. The zero-order chi connectivity index (χ0) is 17.1. The Balaban J connectivity index is 2.06. The molecule has 24 heavy (non-hydrogen) atoms. The van der Waals surface area contributed by atoms with Crippen molar-refractivity contribution in [3.63, 3.8) is 0 Å². The first-order valence-corrected chi connectivity index (χ1v) is 8.40. The number of nitrogens with one attached hydrogen (secondary N) is 1. The molecule has 3 aromatic rings. The molecule has 0 aliphatic carbocycles. The Morgan fingerprint density at radius 3 is 2.62 bits per heavy atom. The van der Waals surface area contributed by atoms with Gasteiger partial charge in [-0.05, 0) is 38.0 Å². The molecule has 0 aliphatic heterocycles. The average molecular weight is 321 g/mol. The number of benzene rings is 2. The summed E-state index contributed by atoms with van der Waals surface area (Å²) in [5, 5.41) is 3.04. The highest BCUT2D eigenvalue weighted by Crippen LogP contribution is 2.27. The third-order valence-corrected chi connectivity index (χ3v) is 4.36. The van der Waals surface area contributed by atoms with E-state index in [1.54, 1.807) is 0 Å². The highest BCUT2D eigenvalue weighted by atomic mass is 16.2.